The predicted octanol–water partition coefficient (Wildman–Crippen LogP) is 3.30. The van der Waals surface area contributed by atoms with E-state index in [0.29, 0.717) is 23.7 Å². The van der Waals surface area contributed by atoms with E-state index in [4.69, 9.17) is 0 Å². The molecular formula is C17H27N3O2. The molecule has 0 spiro atoms. The van der Waals surface area contributed by atoms with Crippen LogP contribution < -0.4 is 16.0 Å². The number of rotatable bonds is 6. The summed E-state index contributed by atoms with van der Waals surface area (Å²) in [6.45, 7) is 10.6. The van der Waals surface area contributed by atoms with Gasteiger partial charge in [0.2, 0.25) is 0 Å². The van der Waals surface area contributed by atoms with Crippen LogP contribution in [-0.4, -0.2) is 24.5 Å². The highest BCUT2D eigenvalue weighted by Gasteiger charge is 2.11. The number of carbonyl (C=O) groups excluding carboxylic acids is 2. The van der Waals surface area contributed by atoms with Gasteiger partial charge in [0.15, 0.2) is 0 Å². The van der Waals surface area contributed by atoms with Gasteiger partial charge in [0, 0.05) is 23.8 Å². The molecule has 1 atom stereocenters. The third kappa shape index (κ3) is 5.76. The van der Waals surface area contributed by atoms with E-state index in [0.717, 1.165) is 12.0 Å². The fourth-order valence-corrected chi connectivity index (χ4v) is 1.82. The van der Waals surface area contributed by atoms with Gasteiger partial charge in [0.25, 0.3) is 5.91 Å². The van der Waals surface area contributed by atoms with Gasteiger partial charge in [0.1, 0.15) is 0 Å². The summed E-state index contributed by atoms with van der Waals surface area (Å²) in [5.41, 5.74) is 2.17. The van der Waals surface area contributed by atoms with E-state index in [1.54, 1.807) is 18.2 Å². The summed E-state index contributed by atoms with van der Waals surface area (Å²) in [4.78, 5) is 23.8. The van der Waals surface area contributed by atoms with Crippen LogP contribution in [0.4, 0.5) is 10.5 Å². The van der Waals surface area contributed by atoms with E-state index < -0.39 is 0 Å². The first-order valence-corrected chi connectivity index (χ1v) is 7.79. The molecular weight excluding hydrogens is 278 g/mol. The first kappa shape index (κ1) is 18.0. The number of nitrogens with one attached hydrogen (secondary N) is 3. The van der Waals surface area contributed by atoms with Crippen molar-refractivity contribution in [3.05, 3.63) is 29.3 Å². The summed E-state index contributed by atoms with van der Waals surface area (Å²) in [5.74, 6) is 0.312. The topological polar surface area (TPSA) is 70.2 Å². The van der Waals surface area contributed by atoms with Gasteiger partial charge in [-0.2, -0.15) is 0 Å². The van der Waals surface area contributed by atoms with Crippen LogP contribution in [0.25, 0.3) is 0 Å². The summed E-state index contributed by atoms with van der Waals surface area (Å²) in [6.07, 6.45) is 0.889. The summed E-state index contributed by atoms with van der Waals surface area (Å²) in [6, 6.07) is 5.19. The highest BCUT2D eigenvalue weighted by molar-refractivity contribution is 5.96. The Morgan fingerprint density at radius 1 is 1.18 bits per heavy atom. The lowest BCUT2D eigenvalue weighted by atomic mass is 10.1. The minimum absolute atomic E-state index is 0.0896. The molecule has 0 fully saturated rings. The molecule has 5 nitrogen and oxygen atoms in total. The summed E-state index contributed by atoms with van der Waals surface area (Å²) >= 11 is 0. The minimum atomic E-state index is -0.228. The maximum absolute atomic E-state index is 12.1. The predicted molar refractivity (Wildman–Crippen MR) is 90.3 cm³/mol. The number of amides is 3. The molecule has 1 rings (SSSR count). The Morgan fingerprint density at radius 3 is 2.41 bits per heavy atom. The largest absolute Gasteiger partial charge is 0.350 e. The molecule has 0 saturated carbocycles. The number of carbonyl (C=O) groups is 2. The SMILES string of the molecule is CC[C@H](C)NC(=O)c1ccc(NC(=O)NCC(C)C)c(C)c1. The molecule has 1 aromatic carbocycles. The van der Waals surface area contributed by atoms with Crippen molar-refractivity contribution in [1.29, 1.82) is 0 Å². The third-order valence-corrected chi connectivity index (χ3v) is 3.40. The van der Waals surface area contributed by atoms with Gasteiger partial charge in [-0.05, 0) is 49.9 Å². The van der Waals surface area contributed by atoms with Crippen LogP contribution in [0, 0.1) is 12.8 Å². The summed E-state index contributed by atoms with van der Waals surface area (Å²) in [5, 5.41) is 8.53. The van der Waals surface area contributed by atoms with Crippen molar-refractivity contribution < 1.29 is 9.59 Å². The molecule has 5 heteroatoms. The Kier molecular flexibility index (Phi) is 6.89. The number of anilines is 1. The fraction of sp³-hybridized carbons (Fsp3) is 0.529. The molecule has 122 valence electrons. The van der Waals surface area contributed by atoms with Crippen molar-refractivity contribution >= 4 is 17.6 Å². The quantitative estimate of drug-likeness (QED) is 0.754. The van der Waals surface area contributed by atoms with Crippen LogP contribution in [-0.2, 0) is 0 Å². The first-order valence-electron chi connectivity index (χ1n) is 7.79. The average Bonchev–Trinajstić information content (AvgIpc) is 2.46. The molecule has 3 amide bonds. The van der Waals surface area contributed by atoms with E-state index >= 15 is 0 Å². The second kappa shape index (κ2) is 8.41. The highest BCUT2D eigenvalue weighted by Crippen LogP contribution is 2.16. The van der Waals surface area contributed by atoms with Crippen LogP contribution in [0.2, 0.25) is 0 Å². The van der Waals surface area contributed by atoms with Crippen molar-refractivity contribution in [3.63, 3.8) is 0 Å². The average molecular weight is 305 g/mol. The highest BCUT2D eigenvalue weighted by atomic mass is 16.2. The molecule has 22 heavy (non-hydrogen) atoms. The van der Waals surface area contributed by atoms with Gasteiger partial charge in [0.05, 0.1) is 0 Å². The summed E-state index contributed by atoms with van der Waals surface area (Å²) < 4.78 is 0. The second-order valence-electron chi connectivity index (χ2n) is 6.04. The molecule has 0 aliphatic heterocycles. The van der Waals surface area contributed by atoms with E-state index in [9.17, 15) is 9.59 Å². The number of aryl methyl sites for hydroxylation is 1. The van der Waals surface area contributed by atoms with E-state index in [-0.39, 0.29) is 18.0 Å². The third-order valence-electron chi connectivity index (χ3n) is 3.40. The van der Waals surface area contributed by atoms with E-state index in [1.165, 1.54) is 0 Å². The Hall–Kier alpha value is -2.04. The Morgan fingerprint density at radius 2 is 1.86 bits per heavy atom. The number of hydrogen-bond acceptors (Lipinski definition) is 2. The van der Waals surface area contributed by atoms with Crippen molar-refractivity contribution in [2.45, 2.75) is 47.1 Å². The molecule has 1 aromatic rings. The van der Waals surface area contributed by atoms with Gasteiger partial charge >= 0.3 is 6.03 Å². The fourth-order valence-electron chi connectivity index (χ4n) is 1.82. The zero-order chi connectivity index (χ0) is 16.7. The molecule has 0 bridgehead atoms. The lowest BCUT2D eigenvalue weighted by Gasteiger charge is -2.14. The van der Waals surface area contributed by atoms with Crippen LogP contribution in [0.15, 0.2) is 18.2 Å². The summed E-state index contributed by atoms with van der Waals surface area (Å²) in [7, 11) is 0. The molecule has 0 aromatic heterocycles. The number of urea groups is 1. The van der Waals surface area contributed by atoms with Crippen molar-refractivity contribution in [3.8, 4) is 0 Å². The molecule has 3 N–H and O–H groups in total. The van der Waals surface area contributed by atoms with Crippen LogP contribution in [0.5, 0.6) is 0 Å². The van der Waals surface area contributed by atoms with Crippen molar-refractivity contribution in [2.24, 2.45) is 5.92 Å². The minimum Gasteiger partial charge on any atom is -0.350 e. The monoisotopic (exact) mass is 305 g/mol. The van der Waals surface area contributed by atoms with Gasteiger partial charge in [-0.1, -0.05) is 20.8 Å². The van der Waals surface area contributed by atoms with Crippen molar-refractivity contribution in [2.75, 3.05) is 11.9 Å². The van der Waals surface area contributed by atoms with E-state index in [1.807, 2.05) is 34.6 Å². The molecule has 0 heterocycles. The van der Waals surface area contributed by atoms with Gasteiger partial charge in [-0.3, -0.25) is 4.79 Å². The lowest BCUT2D eigenvalue weighted by molar-refractivity contribution is 0.0939. The van der Waals surface area contributed by atoms with Crippen LogP contribution >= 0.6 is 0 Å². The van der Waals surface area contributed by atoms with Gasteiger partial charge < -0.3 is 16.0 Å². The Labute approximate surface area is 132 Å². The van der Waals surface area contributed by atoms with E-state index in [2.05, 4.69) is 16.0 Å². The first-order chi connectivity index (χ1) is 10.3. The Balaban J connectivity index is 2.69. The number of hydrogen-bond donors (Lipinski definition) is 3. The zero-order valence-electron chi connectivity index (χ0n) is 14.1. The maximum atomic E-state index is 12.1. The standard InChI is InChI=1S/C17H27N3O2/c1-6-13(5)19-16(21)14-7-8-15(12(4)9-14)20-17(22)18-10-11(2)3/h7-9,11,13H,6,10H2,1-5H3,(H,19,21)(H2,18,20,22)/t13-/m0/s1. The van der Waals surface area contributed by atoms with Crippen molar-refractivity contribution in [1.82, 2.24) is 10.6 Å². The zero-order valence-corrected chi connectivity index (χ0v) is 14.1. The lowest BCUT2D eigenvalue weighted by Crippen LogP contribution is -2.32. The second-order valence-corrected chi connectivity index (χ2v) is 6.04. The maximum Gasteiger partial charge on any atom is 0.319 e. The molecule has 0 radical (unpaired) electrons. The smallest absolute Gasteiger partial charge is 0.319 e. The molecule has 0 aliphatic rings. The Bertz CT molecular complexity index is 527. The van der Waals surface area contributed by atoms with Crippen LogP contribution in [0.1, 0.15) is 50.0 Å². The molecule has 0 unspecified atom stereocenters. The van der Waals surface area contributed by atoms with Gasteiger partial charge in [-0.25, -0.2) is 4.79 Å². The number of benzene rings is 1. The molecule has 0 saturated heterocycles. The van der Waals surface area contributed by atoms with Gasteiger partial charge in [-0.15, -0.1) is 0 Å². The molecule has 0 aliphatic carbocycles. The normalized spacial score (nSPS) is 11.9. The van der Waals surface area contributed by atoms with Crippen LogP contribution in [0.3, 0.4) is 0 Å².